The van der Waals surface area contributed by atoms with Crippen LogP contribution in [0.1, 0.15) is 10.4 Å². The van der Waals surface area contributed by atoms with E-state index in [0.29, 0.717) is 0 Å². The predicted octanol–water partition coefficient (Wildman–Crippen LogP) is 0.933. The zero-order valence-electron chi connectivity index (χ0n) is 10.2. The Hall–Kier alpha value is -2.64. The fraction of sp³-hybridized carbons (Fsp3) is 0.273. The van der Waals surface area contributed by atoms with Gasteiger partial charge in [-0.05, 0) is 12.1 Å². The highest BCUT2D eigenvalue weighted by Crippen LogP contribution is 2.28. The Morgan fingerprint density at radius 1 is 1.26 bits per heavy atom. The van der Waals surface area contributed by atoms with Gasteiger partial charge in [-0.15, -0.1) is 0 Å². The van der Waals surface area contributed by atoms with Gasteiger partial charge in [0.05, 0.1) is 24.7 Å². The van der Waals surface area contributed by atoms with Crippen molar-refractivity contribution in [2.24, 2.45) is 0 Å². The van der Waals surface area contributed by atoms with Crippen molar-refractivity contribution in [2.45, 2.75) is 0 Å². The maximum atomic E-state index is 11.3. The second-order valence-corrected chi connectivity index (χ2v) is 3.30. The molecular weight excluding hydrogens is 258 g/mol. The van der Waals surface area contributed by atoms with Crippen LogP contribution >= 0.6 is 0 Å². The van der Waals surface area contributed by atoms with Crippen LogP contribution in [0.15, 0.2) is 18.2 Å². The van der Waals surface area contributed by atoms with Gasteiger partial charge in [-0.1, -0.05) is 0 Å². The molecule has 0 atom stereocenters. The van der Waals surface area contributed by atoms with E-state index in [0.717, 1.165) is 13.2 Å². The van der Waals surface area contributed by atoms with Gasteiger partial charge in [0.2, 0.25) is 0 Å². The molecule has 8 heteroatoms. The number of rotatable bonds is 5. The van der Waals surface area contributed by atoms with Crippen LogP contribution in [0.5, 0.6) is 5.75 Å². The summed E-state index contributed by atoms with van der Waals surface area (Å²) in [7, 11) is 2.33. The lowest BCUT2D eigenvalue weighted by Crippen LogP contribution is -2.13. The summed E-state index contributed by atoms with van der Waals surface area (Å²) in [5.41, 5.74) is -0.425. The number of nitrogens with zero attached hydrogens (tertiary/aromatic N) is 1. The van der Waals surface area contributed by atoms with E-state index < -0.39 is 29.2 Å². The monoisotopic (exact) mass is 269 g/mol. The van der Waals surface area contributed by atoms with Gasteiger partial charge in [0.25, 0.3) is 0 Å². The van der Waals surface area contributed by atoms with Crippen LogP contribution in [0.2, 0.25) is 0 Å². The van der Waals surface area contributed by atoms with Gasteiger partial charge < -0.3 is 14.2 Å². The third kappa shape index (κ3) is 3.66. The molecule has 0 radical (unpaired) electrons. The fourth-order valence-electron chi connectivity index (χ4n) is 1.22. The van der Waals surface area contributed by atoms with Crippen molar-refractivity contribution in [3.63, 3.8) is 0 Å². The minimum absolute atomic E-state index is 0.0135. The second-order valence-electron chi connectivity index (χ2n) is 3.30. The molecule has 19 heavy (non-hydrogen) atoms. The predicted molar refractivity (Wildman–Crippen MR) is 61.9 cm³/mol. The molecule has 0 amide bonds. The first-order valence-electron chi connectivity index (χ1n) is 5.06. The number of hydrogen-bond acceptors (Lipinski definition) is 7. The zero-order valence-corrected chi connectivity index (χ0v) is 10.2. The molecule has 0 aromatic heterocycles. The van der Waals surface area contributed by atoms with Crippen LogP contribution in [0.25, 0.3) is 0 Å². The van der Waals surface area contributed by atoms with Crippen molar-refractivity contribution < 1.29 is 28.7 Å². The van der Waals surface area contributed by atoms with Gasteiger partial charge in [-0.2, -0.15) is 0 Å². The van der Waals surface area contributed by atoms with E-state index in [4.69, 9.17) is 4.74 Å². The number of benzene rings is 1. The first-order chi connectivity index (χ1) is 8.99. The third-order valence-electron chi connectivity index (χ3n) is 2.15. The molecule has 0 saturated heterocycles. The highest BCUT2D eigenvalue weighted by molar-refractivity contribution is 5.90. The number of methoxy groups -OCH3 is 2. The van der Waals surface area contributed by atoms with E-state index in [-0.39, 0.29) is 11.3 Å². The molecule has 0 bridgehead atoms. The Kier molecular flexibility index (Phi) is 4.81. The van der Waals surface area contributed by atoms with Crippen molar-refractivity contribution in [3.8, 4) is 5.75 Å². The van der Waals surface area contributed by atoms with Crippen molar-refractivity contribution in [2.75, 3.05) is 20.8 Å². The third-order valence-corrected chi connectivity index (χ3v) is 2.15. The highest BCUT2D eigenvalue weighted by Gasteiger charge is 2.19. The van der Waals surface area contributed by atoms with E-state index in [9.17, 15) is 19.7 Å². The lowest BCUT2D eigenvalue weighted by Gasteiger charge is -2.06. The standard InChI is InChI=1S/C11H11NO7/c1-17-10(13)6-19-9-4-3-7(11(14)18-2)5-8(9)12(15)16/h3-5H,6H2,1-2H3. The molecule has 0 heterocycles. The minimum Gasteiger partial charge on any atom is -0.475 e. The van der Waals surface area contributed by atoms with Crippen LogP contribution < -0.4 is 4.74 Å². The lowest BCUT2D eigenvalue weighted by molar-refractivity contribution is -0.385. The molecule has 0 aliphatic heterocycles. The molecule has 0 unspecified atom stereocenters. The van der Waals surface area contributed by atoms with Crippen molar-refractivity contribution in [1.29, 1.82) is 0 Å². The highest BCUT2D eigenvalue weighted by atomic mass is 16.6. The SMILES string of the molecule is COC(=O)COc1ccc(C(=O)OC)cc1[N+](=O)[O-]. The molecule has 102 valence electrons. The number of carbonyl (C=O) groups is 2. The molecule has 8 nitrogen and oxygen atoms in total. The minimum atomic E-state index is -0.723. The molecule has 1 rings (SSSR count). The Morgan fingerprint density at radius 3 is 2.47 bits per heavy atom. The van der Waals surface area contributed by atoms with Gasteiger partial charge in [0.15, 0.2) is 12.4 Å². The summed E-state index contributed by atoms with van der Waals surface area (Å²) in [6, 6.07) is 3.53. The number of hydrogen-bond donors (Lipinski definition) is 0. The van der Waals surface area contributed by atoms with Crippen LogP contribution in [0.3, 0.4) is 0 Å². The van der Waals surface area contributed by atoms with E-state index >= 15 is 0 Å². The number of esters is 2. The zero-order chi connectivity index (χ0) is 14.4. The Labute approximate surface area is 108 Å². The normalized spacial score (nSPS) is 9.58. The molecule has 1 aromatic rings. The molecule has 0 aliphatic rings. The lowest BCUT2D eigenvalue weighted by atomic mass is 10.2. The smallest absolute Gasteiger partial charge is 0.343 e. The van der Waals surface area contributed by atoms with E-state index in [1.807, 2.05) is 0 Å². The summed E-state index contributed by atoms with van der Waals surface area (Å²) in [5, 5.41) is 10.9. The van der Waals surface area contributed by atoms with Gasteiger partial charge in [0.1, 0.15) is 0 Å². The average molecular weight is 269 g/mol. The fourth-order valence-corrected chi connectivity index (χ4v) is 1.22. The first kappa shape index (κ1) is 14.4. The van der Waals surface area contributed by atoms with Crippen molar-refractivity contribution in [1.82, 2.24) is 0 Å². The molecule has 1 aromatic carbocycles. The summed E-state index contributed by atoms with van der Waals surface area (Å²) < 4.78 is 13.7. The quantitative estimate of drug-likeness (QED) is 0.444. The van der Waals surface area contributed by atoms with Crippen LogP contribution in [0.4, 0.5) is 5.69 Å². The van der Waals surface area contributed by atoms with Gasteiger partial charge in [-0.25, -0.2) is 9.59 Å². The molecule has 0 spiro atoms. The molecule has 0 saturated carbocycles. The summed E-state index contributed by atoms with van der Waals surface area (Å²) in [5.74, 6) is -1.52. The largest absolute Gasteiger partial charge is 0.475 e. The number of nitro groups is 1. The summed E-state index contributed by atoms with van der Waals surface area (Å²) in [4.78, 5) is 32.3. The van der Waals surface area contributed by atoms with Gasteiger partial charge >= 0.3 is 17.6 Å². The Morgan fingerprint density at radius 2 is 1.95 bits per heavy atom. The van der Waals surface area contributed by atoms with Crippen molar-refractivity contribution >= 4 is 17.6 Å². The van der Waals surface area contributed by atoms with Crippen LogP contribution in [0, 0.1) is 10.1 Å². The molecule has 0 aliphatic carbocycles. The van der Waals surface area contributed by atoms with Gasteiger partial charge in [-0.3, -0.25) is 10.1 Å². The van der Waals surface area contributed by atoms with Gasteiger partial charge in [0, 0.05) is 6.07 Å². The van der Waals surface area contributed by atoms with E-state index in [2.05, 4.69) is 9.47 Å². The molecule has 0 N–H and O–H groups in total. The van der Waals surface area contributed by atoms with Crippen LogP contribution in [-0.2, 0) is 14.3 Å². The van der Waals surface area contributed by atoms with Crippen molar-refractivity contribution in [3.05, 3.63) is 33.9 Å². The number of carbonyl (C=O) groups excluding carboxylic acids is 2. The first-order valence-corrected chi connectivity index (χ1v) is 5.06. The number of ether oxygens (including phenoxy) is 3. The summed E-state index contributed by atoms with van der Waals surface area (Å²) in [6.45, 7) is -0.463. The Bertz CT molecular complexity index is 512. The molecule has 0 fully saturated rings. The molecular formula is C11H11NO7. The maximum absolute atomic E-state index is 11.3. The van der Waals surface area contributed by atoms with E-state index in [1.54, 1.807) is 0 Å². The topological polar surface area (TPSA) is 105 Å². The summed E-state index contributed by atoms with van der Waals surface area (Å²) in [6.07, 6.45) is 0. The Balaban J connectivity index is 3.01. The number of nitro benzene ring substituents is 1. The van der Waals surface area contributed by atoms with E-state index in [1.165, 1.54) is 19.2 Å². The second kappa shape index (κ2) is 6.34. The van der Waals surface area contributed by atoms with Crippen LogP contribution in [-0.4, -0.2) is 37.7 Å². The average Bonchev–Trinajstić information content (AvgIpc) is 2.43. The summed E-state index contributed by atoms with van der Waals surface area (Å²) >= 11 is 0. The maximum Gasteiger partial charge on any atom is 0.343 e.